The van der Waals surface area contributed by atoms with Crippen LogP contribution in [0.3, 0.4) is 0 Å². The van der Waals surface area contributed by atoms with Crippen LogP contribution in [0.25, 0.3) is 0 Å². The molecular formula is C16H26N2O2. The molecule has 1 N–H and O–H groups in total. The molecule has 112 valence electrons. The van der Waals surface area contributed by atoms with Gasteiger partial charge in [0.25, 0.3) is 0 Å². The summed E-state index contributed by atoms with van der Waals surface area (Å²) in [5.41, 5.74) is 1.22. The summed E-state index contributed by atoms with van der Waals surface area (Å²) in [6, 6.07) is 3.61. The molecule has 0 fully saturated rings. The SMILES string of the molecule is CCCCC(CC)CNc1ccc(C(=O)OC)c(C)n1. The minimum absolute atomic E-state index is 0.337. The van der Waals surface area contributed by atoms with E-state index in [1.165, 1.54) is 32.8 Å². The summed E-state index contributed by atoms with van der Waals surface area (Å²) in [6.07, 6.45) is 4.93. The molecule has 0 aromatic carbocycles. The highest BCUT2D eigenvalue weighted by Gasteiger charge is 2.11. The predicted octanol–water partition coefficient (Wildman–Crippen LogP) is 3.80. The Morgan fingerprint density at radius 1 is 1.40 bits per heavy atom. The summed E-state index contributed by atoms with van der Waals surface area (Å²) in [4.78, 5) is 15.9. The smallest absolute Gasteiger partial charge is 0.339 e. The number of esters is 1. The van der Waals surface area contributed by atoms with Crippen LogP contribution in [-0.2, 0) is 4.74 Å². The van der Waals surface area contributed by atoms with Gasteiger partial charge in [-0.25, -0.2) is 9.78 Å². The van der Waals surface area contributed by atoms with Gasteiger partial charge in [0.05, 0.1) is 18.4 Å². The Morgan fingerprint density at radius 3 is 2.70 bits per heavy atom. The number of ether oxygens (including phenoxy) is 1. The number of methoxy groups -OCH3 is 1. The lowest BCUT2D eigenvalue weighted by Crippen LogP contribution is -2.15. The highest BCUT2D eigenvalue weighted by molar-refractivity contribution is 5.90. The van der Waals surface area contributed by atoms with Gasteiger partial charge in [-0.05, 0) is 31.4 Å². The molecule has 0 saturated carbocycles. The number of aryl methyl sites for hydroxylation is 1. The number of unbranched alkanes of at least 4 members (excludes halogenated alkanes) is 1. The topological polar surface area (TPSA) is 51.2 Å². The van der Waals surface area contributed by atoms with E-state index >= 15 is 0 Å². The van der Waals surface area contributed by atoms with E-state index < -0.39 is 0 Å². The first-order chi connectivity index (χ1) is 9.62. The minimum atomic E-state index is -0.337. The van der Waals surface area contributed by atoms with Crippen molar-refractivity contribution >= 4 is 11.8 Å². The number of nitrogens with zero attached hydrogens (tertiary/aromatic N) is 1. The molecule has 4 nitrogen and oxygen atoms in total. The lowest BCUT2D eigenvalue weighted by atomic mass is 9.99. The molecule has 0 aliphatic carbocycles. The van der Waals surface area contributed by atoms with Gasteiger partial charge in [-0.1, -0.05) is 33.1 Å². The van der Waals surface area contributed by atoms with Crippen molar-refractivity contribution in [3.8, 4) is 0 Å². The molecule has 1 atom stereocenters. The molecule has 0 aliphatic rings. The number of carbonyl (C=O) groups excluding carboxylic acids is 1. The highest BCUT2D eigenvalue weighted by atomic mass is 16.5. The van der Waals surface area contributed by atoms with Crippen molar-refractivity contribution in [3.63, 3.8) is 0 Å². The molecule has 20 heavy (non-hydrogen) atoms. The van der Waals surface area contributed by atoms with E-state index in [-0.39, 0.29) is 5.97 Å². The van der Waals surface area contributed by atoms with Gasteiger partial charge in [0, 0.05) is 6.54 Å². The summed E-state index contributed by atoms with van der Waals surface area (Å²) < 4.78 is 4.72. The zero-order chi connectivity index (χ0) is 15.0. The summed E-state index contributed by atoms with van der Waals surface area (Å²) >= 11 is 0. The molecule has 4 heteroatoms. The first-order valence-corrected chi connectivity index (χ1v) is 7.42. The standard InChI is InChI=1S/C16H26N2O2/c1-5-7-8-13(6-2)11-17-15-10-9-14(12(3)18-15)16(19)20-4/h9-10,13H,5-8,11H2,1-4H3,(H,17,18). The van der Waals surface area contributed by atoms with E-state index in [1.54, 1.807) is 6.07 Å². The van der Waals surface area contributed by atoms with Crippen molar-refractivity contribution in [2.75, 3.05) is 19.0 Å². The molecule has 0 radical (unpaired) electrons. The Morgan fingerprint density at radius 2 is 2.15 bits per heavy atom. The Balaban J connectivity index is 2.60. The van der Waals surface area contributed by atoms with Crippen LogP contribution < -0.4 is 5.32 Å². The Labute approximate surface area is 121 Å². The molecule has 0 aliphatic heterocycles. The lowest BCUT2D eigenvalue weighted by molar-refractivity contribution is 0.0599. The summed E-state index contributed by atoms with van der Waals surface area (Å²) in [6.45, 7) is 7.20. The molecule has 0 saturated heterocycles. The average Bonchev–Trinajstić information content (AvgIpc) is 2.47. The molecule has 0 amide bonds. The van der Waals surface area contributed by atoms with Crippen molar-refractivity contribution in [3.05, 3.63) is 23.4 Å². The molecular weight excluding hydrogens is 252 g/mol. The van der Waals surface area contributed by atoms with Crippen LogP contribution in [0.1, 0.15) is 55.6 Å². The summed E-state index contributed by atoms with van der Waals surface area (Å²) in [7, 11) is 1.38. The maximum Gasteiger partial charge on any atom is 0.339 e. The van der Waals surface area contributed by atoms with Gasteiger partial charge in [-0.15, -0.1) is 0 Å². The number of carbonyl (C=O) groups is 1. The second kappa shape index (κ2) is 8.56. The number of anilines is 1. The van der Waals surface area contributed by atoms with E-state index in [2.05, 4.69) is 24.1 Å². The third-order valence-corrected chi connectivity index (χ3v) is 3.61. The van der Waals surface area contributed by atoms with E-state index in [4.69, 9.17) is 4.74 Å². The quantitative estimate of drug-likeness (QED) is 0.735. The Hall–Kier alpha value is -1.58. The zero-order valence-electron chi connectivity index (χ0n) is 13.0. The normalized spacial score (nSPS) is 12.0. The third kappa shape index (κ3) is 4.83. The van der Waals surface area contributed by atoms with Gasteiger partial charge >= 0.3 is 5.97 Å². The van der Waals surface area contributed by atoms with Crippen LogP contribution in [0.5, 0.6) is 0 Å². The molecule has 1 aromatic heterocycles. The first-order valence-electron chi connectivity index (χ1n) is 7.42. The molecule has 1 unspecified atom stereocenters. The van der Waals surface area contributed by atoms with E-state index in [0.29, 0.717) is 17.2 Å². The molecule has 0 bridgehead atoms. The second-order valence-electron chi connectivity index (χ2n) is 5.12. The maximum atomic E-state index is 11.5. The number of aromatic nitrogens is 1. The predicted molar refractivity (Wildman–Crippen MR) is 82.1 cm³/mol. The second-order valence-corrected chi connectivity index (χ2v) is 5.12. The Kier molecular flexibility index (Phi) is 7.05. The molecule has 1 aromatic rings. The Bertz CT molecular complexity index is 432. The third-order valence-electron chi connectivity index (χ3n) is 3.61. The van der Waals surface area contributed by atoms with Gasteiger partial charge in [0.1, 0.15) is 5.82 Å². The fourth-order valence-corrected chi connectivity index (χ4v) is 2.18. The van der Waals surface area contributed by atoms with Crippen LogP contribution in [0.4, 0.5) is 5.82 Å². The highest BCUT2D eigenvalue weighted by Crippen LogP contribution is 2.15. The van der Waals surface area contributed by atoms with Gasteiger partial charge in [0.2, 0.25) is 0 Å². The average molecular weight is 278 g/mol. The number of pyridine rings is 1. The van der Waals surface area contributed by atoms with Crippen LogP contribution >= 0.6 is 0 Å². The van der Waals surface area contributed by atoms with Crippen LogP contribution in [0.2, 0.25) is 0 Å². The largest absolute Gasteiger partial charge is 0.465 e. The number of nitrogens with one attached hydrogen (secondary N) is 1. The van der Waals surface area contributed by atoms with Gasteiger partial charge < -0.3 is 10.1 Å². The number of hydrogen-bond donors (Lipinski definition) is 1. The van der Waals surface area contributed by atoms with Crippen molar-refractivity contribution in [2.45, 2.75) is 46.5 Å². The number of rotatable bonds is 8. The molecule has 1 rings (SSSR count). The summed E-state index contributed by atoms with van der Waals surface area (Å²) in [5.74, 6) is 1.17. The first kappa shape index (κ1) is 16.5. The van der Waals surface area contributed by atoms with Crippen molar-refractivity contribution < 1.29 is 9.53 Å². The minimum Gasteiger partial charge on any atom is -0.465 e. The monoisotopic (exact) mass is 278 g/mol. The van der Waals surface area contributed by atoms with E-state index in [1.807, 2.05) is 13.0 Å². The van der Waals surface area contributed by atoms with Gasteiger partial charge in [0.15, 0.2) is 0 Å². The van der Waals surface area contributed by atoms with Crippen molar-refractivity contribution in [2.24, 2.45) is 5.92 Å². The fourth-order valence-electron chi connectivity index (χ4n) is 2.18. The van der Waals surface area contributed by atoms with E-state index in [9.17, 15) is 4.79 Å². The van der Waals surface area contributed by atoms with Crippen LogP contribution in [0.15, 0.2) is 12.1 Å². The van der Waals surface area contributed by atoms with Gasteiger partial charge in [-0.2, -0.15) is 0 Å². The van der Waals surface area contributed by atoms with E-state index in [0.717, 1.165) is 12.4 Å². The number of hydrogen-bond acceptors (Lipinski definition) is 4. The molecule has 1 heterocycles. The van der Waals surface area contributed by atoms with Crippen LogP contribution in [0, 0.1) is 12.8 Å². The van der Waals surface area contributed by atoms with Crippen molar-refractivity contribution in [1.82, 2.24) is 4.98 Å². The summed E-state index contributed by atoms with van der Waals surface area (Å²) in [5, 5.41) is 3.37. The molecule has 0 spiro atoms. The van der Waals surface area contributed by atoms with Crippen LogP contribution in [-0.4, -0.2) is 24.6 Å². The maximum absolute atomic E-state index is 11.5. The fraction of sp³-hybridized carbons (Fsp3) is 0.625. The zero-order valence-corrected chi connectivity index (χ0v) is 13.0. The van der Waals surface area contributed by atoms with Gasteiger partial charge in [-0.3, -0.25) is 0 Å². The lowest BCUT2D eigenvalue weighted by Gasteiger charge is -2.16. The van der Waals surface area contributed by atoms with Crippen molar-refractivity contribution in [1.29, 1.82) is 0 Å².